The van der Waals surface area contributed by atoms with Crippen molar-refractivity contribution < 1.29 is 19.4 Å². The third kappa shape index (κ3) is 5.13. The monoisotopic (exact) mass is 485 g/mol. The number of carbonyl (C=O) groups is 1. The summed E-state index contributed by atoms with van der Waals surface area (Å²) in [6.45, 7) is 0.981. The number of fused-ring (bicyclic) bond motifs is 1. The minimum atomic E-state index is -0.931. The van der Waals surface area contributed by atoms with Gasteiger partial charge in [0.1, 0.15) is 0 Å². The van der Waals surface area contributed by atoms with Gasteiger partial charge in [0.05, 0.1) is 30.0 Å². The molecule has 0 radical (unpaired) electrons. The van der Waals surface area contributed by atoms with Crippen molar-refractivity contribution in [1.29, 1.82) is 0 Å². The normalized spacial score (nSPS) is 15.1. The van der Waals surface area contributed by atoms with Crippen molar-refractivity contribution in [3.63, 3.8) is 0 Å². The third-order valence-electron chi connectivity index (χ3n) is 6.17. The maximum Gasteiger partial charge on any atom is 0.335 e. The van der Waals surface area contributed by atoms with Crippen LogP contribution in [0.3, 0.4) is 0 Å². The van der Waals surface area contributed by atoms with Crippen LogP contribution in [0.1, 0.15) is 39.2 Å². The van der Waals surface area contributed by atoms with Crippen LogP contribution in [-0.2, 0) is 21.7 Å². The highest BCUT2D eigenvalue weighted by molar-refractivity contribution is 6.31. The lowest BCUT2D eigenvalue weighted by atomic mass is 9.94. The molecule has 0 amide bonds. The summed E-state index contributed by atoms with van der Waals surface area (Å²) in [5, 5.41) is 11.2. The lowest BCUT2D eigenvalue weighted by Gasteiger charge is -2.28. The van der Waals surface area contributed by atoms with Crippen LogP contribution in [0.4, 0.5) is 0 Å². The first-order valence-electron chi connectivity index (χ1n) is 11.5. The number of benzene rings is 3. The molecule has 176 valence electrons. The zero-order chi connectivity index (χ0) is 24.3. The van der Waals surface area contributed by atoms with Crippen molar-refractivity contribution in [1.82, 2.24) is 4.98 Å². The first kappa shape index (κ1) is 23.2. The van der Waals surface area contributed by atoms with Gasteiger partial charge in [0.15, 0.2) is 5.79 Å². The van der Waals surface area contributed by atoms with Crippen molar-refractivity contribution in [2.45, 2.75) is 18.6 Å². The molecule has 1 N–H and O–H groups in total. The lowest BCUT2D eigenvalue weighted by Crippen LogP contribution is -2.28. The Bertz CT molecular complexity index is 1410. The quantitative estimate of drug-likeness (QED) is 0.320. The number of aromatic nitrogens is 1. The molecule has 35 heavy (non-hydrogen) atoms. The average Bonchev–Trinajstić information content (AvgIpc) is 3.36. The summed E-state index contributed by atoms with van der Waals surface area (Å²) in [4.78, 5) is 16.3. The van der Waals surface area contributed by atoms with Gasteiger partial charge >= 0.3 is 5.97 Å². The Labute approximate surface area is 208 Å². The van der Waals surface area contributed by atoms with E-state index >= 15 is 0 Å². The van der Waals surface area contributed by atoms with Gasteiger partial charge in [0.25, 0.3) is 0 Å². The van der Waals surface area contributed by atoms with E-state index in [1.807, 2.05) is 78.9 Å². The van der Waals surface area contributed by atoms with Gasteiger partial charge in [-0.25, -0.2) is 9.78 Å². The van der Waals surface area contributed by atoms with Gasteiger partial charge in [-0.15, -0.1) is 0 Å². The molecule has 1 fully saturated rings. The molecule has 6 heteroatoms. The number of carboxylic acids is 1. The summed E-state index contributed by atoms with van der Waals surface area (Å²) >= 11 is 6.11. The van der Waals surface area contributed by atoms with Crippen LogP contribution in [0.5, 0.6) is 0 Å². The molecule has 5 rings (SSSR count). The minimum absolute atomic E-state index is 0.307. The van der Waals surface area contributed by atoms with Crippen molar-refractivity contribution in [2.75, 3.05) is 13.2 Å². The Morgan fingerprint density at radius 3 is 2.60 bits per heavy atom. The van der Waals surface area contributed by atoms with Crippen LogP contribution in [-0.4, -0.2) is 29.3 Å². The van der Waals surface area contributed by atoms with Crippen LogP contribution in [0.2, 0.25) is 5.02 Å². The fraction of sp³-hybridized carbons (Fsp3) is 0.172. The number of rotatable bonds is 7. The summed E-state index contributed by atoms with van der Waals surface area (Å²) in [6.07, 6.45) is 5.00. The Balaban J connectivity index is 1.39. The number of aryl methyl sites for hydroxylation is 1. The summed E-state index contributed by atoms with van der Waals surface area (Å²) in [7, 11) is 0. The van der Waals surface area contributed by atoms with E-state index in [-0.39, 0.29) is 0 Å². The zero-order valence-electron chi connectivity index (χ0n) is 19.0. The van der Waals surface area contributed by atoms with Gasteiger partial charge in [-0.1, -0.05) is 66.2 Å². The van der Waals surface area contributed by atoms with E-state index < -0.39 is 11.8 Å². The number of halogens is 1. The van der Waals surface area contributed by atoms with Gasteiger partial charge in [-0.05, 0) is 54.0 Å². The smallest absolute Gasteiger partial charge is 0.335 e. The molecule has 4 aromatic rings. The third-order valence-corrected chi connectivity index (χ3v) is 6.41. The van der Waals surface area contributed by atoms with Crippen LogP contribution in [0.15, 0.2) is 78.9 Å². The number of pyridine rings is 1. The molecule has 1 saturated heterocycles. The molecule has 1 aliphatic heterocycles. The van der Waals surface area contributed by atoms with Gasteiger partial charge in [-0.3, -0.25) is 0 Å². The average molecular weight is 486 g/mol. The molecule has 0 atom stereocenters. The van der Waals surface area contributed by atoms with E-state index in [4.69, 9.17) is 21.1 Å². The first-order valence-corrected chi connectivity index (χ1v) is 11.8. The molecule has 3 aromatic carbocycles. The van der Waals surface area contributed by atoms with Crippen LogP contribution in [0.25, 0.3) is 23.1 Å². The van der Waals surface area contributed by atoms with E-state index in [9.17, 15) is 9.90 Å². The van der Waals surface area contributed by atoms with Crippen molar-refractivity contribution in [2.24, 2.45) is 0 Å². The number of hydrogen-bond acceptors (Lipinski definition) is 4. The molecule has 1 aliphatic rings. The van der Waals surface area contributed by atoms with Crippen LogP contribution >= 0.6 is 11.6 Å². The summed E-state index contributed by atoms with van der Waals surface area (Å²) in [5.74, 6) is -1.84. The van der Waals surface area contributed by atoms with E-state index in [1.165, 1.54) is 0 Å². The van der Waals surface area contributed by atoms with Crippen LogP contribution < -0.4 is 0 Å². The zero-order valence-corrected chi connectivity index (χ0v) is 19.7. The highest BCUT2D eigenvalue weighted by Gasteiger charge is 2.38. The van der Waals surface area contributed by atoms with Crippen molar-refractivity contribution in [3.8, 4) is 0 Å². The van der Waals surface area contributed by atoms with E-state index in [2.05, 4.69) is 4.98 Å². The van der Waals surface area contributed by atoms with Crippen LogP contribution in [0, 0.1) is 0 Å². The number of carboxylic acid groups (broad SMARTS) is 1. The predicted octanol–water partition coefficient (Wildman–Crippen LogP) is 6.59. The molecule has 0 aliphatic carbocycles. The molecule has 1 aromatic heterocycles. The maximum absolute atomic E-state index is 11.6. The first-order chi connectivity index (χ1) is 17.0. The topological polar surface area (TPSA) is 68.7 Å². The number of nitrogens with zero attached hydrogens (tertiary/aromatic N) is 1. The summed E-state index contributed by atoms with van der Waals surface area (Å²) in [5.41, 5.74) is 4.64. The molecule has 0 unspecified atom stereocenters. The van der Waals surface area contributed by atoms with Crippen molar-refractivity contribution >= 4 is 40.6 Å². The fourth-order valence-electron chi connectivity index (χ4n) is 4.42. The molecule has 0 saturated carbocycles. The van der Waals surface area contributed by atoms with Gasteiger partial charge in [0, 0.05) is 22.4 Å². The van der Waals surface area contributed by atoms with Crippen molar-refractivity contribution in [3.05, 3.63) is 112 Å². The Morgan fingerprint density at radius 2 is 1.77 bits per heavy atom. The van der Waals surface area contributed by atoms with E-state index in [0.717, 1.165) is 33.3 Å². The maximum atomic E-state index is 11.6. The minimum Gasteiger partial charge on any atom is -0.478 e. The Kier molecular flexibility index (Phi) is 6.64. The second-order valence-corrected chi connectivity index (χ2v) is 8.88. The standard InChI is InChI=1S/C29H24ClNO4/c30-24-11-9-22-10-13-25(31-27(22)19-24)12-8-20-4-3-6-23(18-20)29(34-16-17-35-29)15-14-21-5-1-2-7-26(21)28(32)33/h1-13,18-19H,14-17H2,(H,32,33)/b12-8+. The molecular formula is C29H24ClNO4. The highest BCUT2D eigenvalue weighted by atomic mass is 35.5. The summed E-state index contributed by atoms with van der Waals surface area (Å²) in [6, 6.07) is 24.7. The fourth-order valence-corrected chi connectivity index (χ4v) is 4.58. The van der Waals surface area contributed by atoms with Gasteiger partial charge in [0.2, 0.25) is 0 Å². The lowest BCUT2D eigenvalue weighted by molar-refractivity contribution is -0.170. The number of aromatic carboxylic acids is 1. The molecule has 0 bridgehead atoms. The highest BCUT2D eigenvalue weighted by Crippen LogP contribution is 2.37. The second kappa shape index (κ2) is 10.0. The number of hydrogen-bond donors (Lipinski definition) is 1. The molecular weight excluding hydrogens is 462 g/mol. The van der Waals surface area contributed by atoms with E-state index in [0.29, 0.717) is 36.6 Å². The molecule has 2 heterocycles. The second-order valence-electron chi connectivity index (χ2n) is 8.44. The van der Waals surface area contributed by atoms with E-state index in [1.54, 1.807) is 12.1 Å². The SMILES string of the molecule is O=C(O)c1ccccc1CCC1(c2cccc(/C=C/c3ccc4ccc(Cl)cc4n3)c2)OCCO1. The predicted molar refractivity (Wildman–Crippen MR) is 137 cm³/mol. The number of ether oxygens (including phenoxy) is 2. The largest absolute Gasteiger partial charge is 0.478 e. The Hall–Kier alpha value is -3.51. The van der Waals surface area contributed by atoms with Gasteiger partial charge < -0.3 is 14.6 Å². The molecule has 5 nitrogen and oxygen atoms in total. The molecule has 0 spiro atoms. The van der Waals surface area contributed by atoms with Gasteiger partial charge in [-0.2, -0.15) is 0 Å². The summed E-state index contributed by atoms with van der Waals surface area (Å²) < 4.78 is 12.2. The Morgan fingerprint density at radius 1 is 0.971 bits per heavy atom.